The van der Waals surface area contributed by atoms with Crippen molar-refractivity contribution in [1.29, 1.82) is 0 Å². The van der Waals surface area contributed by atoms with E-state index in [1.165, 1.54) is 44.9 Å². The Morgan fingerprint density at radius 1 is 0.393 bits per heavy atom. The first-order valence-corrected chi connectivity index (χ1v) is 21.9. The van der Waals surface area contributed by atoms with E-state index in [2.05, 4.69) is 118 Å². The molecular weight excluding hydrogens is 697 g/mol. The van der Waals surface area contributed by atoms with E-state index in [0.29, 0.717) is 12.8 Å². The molecule has 0 aromatic heterocycles. The van der Waals surface area contributed by atoms with Crippen LogP contribution in [0.15, 0.2) is 109 Å². The Hall–Kier alpha value is -3.93. The second-order valence-electron chi connectivity index (χ2n) is 13.8. The van der Waals surface area contributed by atoms with Crippen molar-refractivity contribution in [3.63, 3.8) is 0 Å². The van der Waals surface area contributed by atoms with Gasteiger partial charge in [0.25, 0.3) is 0 Å². The lowest BCUT2D eigenvalue weighted by Gasteiger charge is -2.18. The molecule has 0 heterocycles. The fourth-order valence-electron chi connectivity index (χ4n) is 5.29. The van der Waals surface area contributed by atoms with Gasteiger partial charge in [0, 0.05) is 12.8 Å². The van der Waals surface area contributed by atoms with Gasteiger partial charge in [0.1, 0.15) is 13.2 Å². The molecule has 0 aromatic carbocycles. The maximum Gasteiger partial charge on any atom is 0.309 e. The predicted molar refractivity (Wildman–Crippen MR) is 237 cm³/mol. The van der Waals surface area contributed by atoms with Crippen LogP contribution in [-0.4, -0.2) is 37.2 Å². The number of rotatable bonds is 37. The summed E-state index contributed by atoms with van der Waals surface area (Å²) in [6.07, 6.45) is 58.4. The van der Waals surface area contributed by atoms with Gasteiger partial charge in [-0.3, -0.25) is 14.4 Å². The predicted octanol–water partition coefficient (Wildman–Crippen LogP) is 14.0. The summed E-state index contributed by atoms with van der Waals surface area (Å²) in [7, 11) is 0. The molecule has 0 radical (unpaired) electrons. The van der Waals surface area contributed by atoms with Crippen LogP contribution in [0.25, 0.3) is 0 Å². The maximum atomic E-state index is 12.7. The summed E-state index contributed by atoms with van der Waals surface area (Å²) >= 11 is 0. The summed E-state index contributed by atoms with van der Waals surface area (Å²) in [5, 5.41) is 0. The van der Waals surface area contributed by atoms with E-state index in [1.54, 1.807) is 6.08 Å². The molecule has 0 rings (SSSR count). The lowest BCUT2D eigenvalue weighted by atomic mass is 10.1. The van der Waals surface area contributed by atoms with Gasteiger partial charge >= 0.3 is 17.9 Å². The van der Waals surface area contributed by atoms with Crippen LogP contribution in [0.2, 0.25) is 0 Å². The quantitative estimate of drug-likeness (QED) is 0.0271. The Kier molecular flexibility index (Phi) is 40.7. The first-order valence-electron chi connectivity index (χ1n) is 21.9. The highest BCUT2D eigenvalue weighted by atomic mass is 16.6. The summed E-state index contributed by atoms with van der Waals surface area (Å²) in [6.45, 7) is 6.18. The molecule has 1 atom stereocenters. The van der Waals surface area contributed by atoms with Gasteiger partial charge in [-0.15, -0.1) is 0 Å². The SMILES string of the molecule is CC/C=C\C/C=C\C/C=C\CCCCC(=O)OC(COC(=O)C/C=C\C/C=C\C/C=C\CC)COC(=O)CCC/C=C\C/C=C\C/C=C\CCCCCCCC. The van der Waals surface area contributed by atoms with Crippen molar-refractivity contribution >= 4 is 17.9 Å². The highest BCUT2D eigenvalue weighted by molar-refractivity contribution is 5.72. The van der Waals surface area contributed by atoms with Gasteiger partial charge in [-0.2, -0.15) is 0 Å². The third-order valence-electron chi connectivity index (χ3n) is 8.53. The average Bonchev–Trinajstić information content (AvgIpc) is 3.19. The molecule has 0 saturated heterocycles. The number of esters is 3. The van der Waals surface area contributed by atoms with E-state index < -0.39 is 18.0 Å². The van der Waals surface area contributed by atoms with Crippen LogP contribution < -0.4 is 0 Å². The third-order valence-corrected chi connectivity index (χ3v) is 8.53. The van der Waals surface area contributed by atoms with Gasteiger partial charge in [0.05, 0.1) is 6.42 Å². The third kappa shape index (κ3) is 41.2. The minimum absolute atomic E-state index is 0.114. The average molecular weight is 775 g/mol. The van der Waals surface area contributed by atoms with E-state index in [1.807, 2.05) is 6.08 Å². The molecule has 0 bridgehead atoms. The molecule has 0 aliphatic carbocycles. The van der Waals surface area contributed by atoms with Crippen LogP contribution in [0, 0.1) is 0 Å². The zero-order valence-corrected chi connectivity index (χ0v) is 35.6. The van der Waals surface area contributed by atoms with Gasteiger partial charge in [-0.1, -0.05) is 162 Å². The Morgan fingerprint density at radius 3 is 1.30 bits per heavy atom. The first kappa shape index (κ1) is 52.1. The normalized spacial score (nSPS) is 13.1. The van der Waals surface area contributed by atoms with Gasteiger partial charge in [0.2, 0.25) is 0 Å². The number of carbonyl (C=O) groups excluding carboxylic acids is 3. The Morgan fingerprint density at radius 2 is 0.786 bits per heavy atom. The molecule has 314 valence electrons. The summed E-state index contributed by atoms with van der Waals surface area (Å²) in [6, 6.07) is 0. The molecule has 0 amide bonds. The monoisotopic (exact) mass is 775 g/mol. The van der Waals surface area contributed by atoms with Gasteiger partial charge < -0.3 is 14.2 Å². The van der Waals surface area contributed by atoms with E-state index in [4.69, 9.17) is 14.2 Å². The molecule has 56 heavy (non-hydrogen) atoms. The molecule has 6 heteroatoms. The topological polar surface area (TPSA) is 78.9 Å². The van der Waals surface area contributed by atoms with Crippen LogP contribution in [0.5, 0.6) is 0 Å². The molecule has 0 spiro atoms. The molecule has 0 aliphatic heterocycles. The standard InChI is InChI=1S/C50H78O6/c1-4-7-10-13-16-19-21-23-24-25-26-27-29-31-34-37-40-43-49(52)55-46-47(45-54-48(51)42-39-36-33-30-18-15-12-9-6-3)56-50(53)44-41-38-35-32-28-22-20-17-14-11-8-5-2/h8-9,11-12,17-18,20,23-24,26-28,30-32,34,36,39,47H,4-7,10,13-16,19,21-22,25,29,33,35,37-38,40-46H2,1-3H3/b11-8-,12-9-,20-17-,24-23-,27-26-,30-18-,32-28-,34-31-,39-36-. The van der Waals surface area contributed by atoms with Crippen molar-refractivity contribution in [2.75, 3.05) is 13.2 Å². The summed E-state index contributed by atoms with van der Waals surface area (Å²) in [5.41, 5.74) is 0. The van der Waals surface area contributed by atoms with Gasteiger partial charge in [-0.25, -0.2) is 0 Å². The fraction of sp³-hybridized carbons (Fsp3) is 0.580. The number of carbonyl (C=O) groups is 3. The molecule has 0 N–H and O–H groups in total. The van der Waals surface area contributed by atoms with Crippen molar-refractivity contribution in [1.82, 2.24) is 0 Å². The van der Waals surface area contributed by atoms with Crippen molar-refractivity contribution in [2.45, 2.75) is 175 Å². The maximum absolute atomic E-state index is 12.7. The van der Waals surface area contributed by atoms with Gasteiger partial charge in [-0.05, 0) is 96.3 Å². The number of ether oxygens (including phenoxy) is 3. The molecule has 6 nitrogen and oxygen atoms in total. The Balaban J connectivity index is 4.57. The van der Waals surface area contributed by atoms with E-state index in [-0.39, 0.29) is 38.4 Å². The summed E-state index contributed by atoms with van der Waals surface area (Å²) in [5.74, 6) is -1.18. The Labute approximate surface area is 342 Å². The smallest absolute Gasteiger partial charge is 0.309 e. The molecule has 0 fully saturated rings. The first-order chi connectivity index (χ1) is 27.5. The lowest BCUT2D eigenvalue weighted by molar-refractivity contribution is -0.166. The molecule has 0 aliphatic rings. The van der Waals surface area contributed by atoms with Crippen LogP contribution in [0.3, 0.4) is 0 Å². The fourth-order valence-corrected chi connectivity index (χ4v) is 5.29. The molecular formula is C50H78O6. The number of unbranched alkanes of at least 4 members (excludes halogenated alkanes) is 9. The number of allylic oxidation sites excluding steroid dienone is 17. The van der Waals surface area contributed by atoms with Crippen LogP contribution in [-0.2, 0) is 28.6 Å². The zero-order valence-electron chi connectivity index (χ0n) is 35.6. The van der Waals surface area contributed by atoms with E-state index in [0.717, 1.165) is 70.6 Å². The minimum Gasteiger partial charge on any atom is -0.462 e. The van der Waals surface area contributed by atoms with Crippen molar-refractivity contribution in [2.24, 2.45) is 0 Å². The van der Waals surface area contributed by atoms with E-state index in [9.17, 15) is 14.4 Å². The van der Waals surface area contributed by atoms with Gasteiger partial charge in [0.15, 0.2) is 6.10 Å². The molecule has 0 saturated carbocycles. The van der Waals surface area contributed by atoms with Crippen LogP contribution >= 0.6 is 0 Å². The second kappa shape index (κ2) is 43.8. The highest BCUT2D eigenvalue weighted by Gasteiger charge is 2.19. The van der Waals surface area contributed by atoms with Crippen LogP contribution in [0.4, 0.5) is 0 Å². The minimum atomic E-state index is -0.852. The number of hydrogen-bond donors (Lipinski definition) is 0. The zero-order chi connectivity index (χ0) is 40.8. The van der Waals surface area contributed by atoms with Crippen molar-refractivity contribution in [3.05, 3.63) is 109 Å². The largest absolute Gasteiger partial charge is 0.462 e. The second-order valence-corrected chi connectivity index (χ2v) is 13.8. The van der Waals surface area contributed by atoms with Crippen molar-refractivity contribution in [3.8, 4) is 0 Å². The lowest BCUT2D eigenvalue weighted by Crippen LogP contribution is -2.30. The molecule has 0 aromatic rings. The number of hydrogen-bond acceptors (Lipinski definition) is 6. The van der Waals surface area contributed by atoms with E-state index >= 15 is 0 Å². The summed E-state index contributed by atoms with van der Waals surface area (Å²) in [4.78, 5) is 37.5. The van der Waals surface area contributed by atoms with Crippen molar-refractivity contribution < 1.29 is 28.6 Å². The summed E-state index contributed by atoms with van der Waals surface area (Å²) < 4.78 is 16.5. The highest BCUT2D eigenvalue weighted by Crippen LogP contribution is 2.09. The van der Waals surface area contributed by atoms with Crippen LogP contribution in [0.1, 0.15) is 168 Å². The molecule has 1 unspecified atom stereocenters. The Bertz CT molecular complexity index is 1210.